The molecule has 0 unspecified atom stereocenters. The maximum atomic E-state index is 13.9. The van der Waals surface area contributed by atoms with Crippen LogP contribution in [0.2, 0.25) is 0 Å². The number of nitrogens with zero attached hydrogens (tertiary/aromatic N) is 2. The molecule has 0 radical (unpaired) electrons. The van der Waals surface area contributed by atoms with Crippen LogP contribution in [0.3, 0.4) is 0 Å². The lowest BCUT2D eigenvalue weighted by molar-refractivity contribution is 0.602. The van der Waals surface area contributed by atoms with Gasteiger partial charge in [0.1, 0.15) is 17.3 Å². The van der Waals surface area contributed by atoms with E-state index >= 15 is 0 Å². The zero-order chi connectivity index (χ0) is 15.0. The number of aromatic nitrogens is 2. The van der Waals surface area contributed by atoms with Crippen LogP contribution in [0.15, 0.2) is 48.7 Å². The molecule has 2 N–H and O–H groups in total. The van der Waals surface area contributed by atoms with Crippen molar-refractivity contribution in [3.63, 3.8) is 0 Å². The number of halogens is 2. The minimum Gasteiger partial charge on any atom is -0.396 e. The van der Waals surface area contributed by atoms with Gasteiger partial charge < -0.3 is 5.73 Å². The fraction of sp³-hybridized carbons (Fsp3) is 0.0625. The normalized spacial score (nSPS) is 10.8. The highest BCUT2D eigenvalue weighted by atomic mass is 19.1. The van der Waals surface area contributed by atoms with E-state index in [2.05, 4.69) is 5.10 Å². The van der Waals surface area contributed by atoms with Gasteiger partial charge in [-0.25, -0.2) is 13.5 Å². The molecule has 0 fully saturated rings. The second-order valence-electron chi connectivity index (χ2n) is 4.79. The molecule has 1 aromatic heterocycles. The minimum absolute atomic E-state index is 0.0554. The van der Waals surface area contributed by atoms with Crippen LogP contribution in [0.1, 0.15) is 5.56 Å². The molecule has 0 saturated carbocycles. The van der Waals surface area contributed by atoms with Gasteiger partial charge in [0.15, 0.2) is 0 Å². The molecule has 0 saturated heterocycles. The first-order valence-corrected chi connectivity index (χ1v) is 6.43. The summed E-state index contributed by atoms with van der Waals surface area (Å²) in [7, 11) is 0. The highest BCUT2D eigenvalue weighted by molar-refractivity contribution is 5.73. The first-order valence-electron chi connectivity index (χ1n) is 6.43. The van der Waals surface area contributed by atoms with Gasteiger partial charge in [0.25, 0.3) is 0 Å². The third-order valence-corrected chi connectivity index (χ3v) is 3.29. The lowest BCUT2D eigenvalue weighted by Crippen LogP contribution is -1.98. The number of aryl methyl sites for hydroxylation is 1. The Morgan fingerprint density at radius 1 is 1.10 bits per heavy atom. The average Bonchev–Trinajstić information content (AvgIpc) is 2.84. The Bertz CT molecular complexity index is 809. The van der Waals surface area contributed by atoms with E-state index in [9.17, 15) is 8.78 Å². The van der Waals surface area contributed by atoms with Gasteiger partial charge in [-0.2, -0.15) is 5.10 Å². The fourth-order valence-electron chi connectivity index (χ4n) is 2.22. The van der Waals surface area contributed by atoms with Gasteiger partial charge in [-0.15, -0.1) is 0 Å². The predicted molar refractivity (Wildman–Crippen MR) is 78.1 cm³/mol. The summed E-state index contributed by atoms with van der Waals surface area (Å²) in [6.07, 6.45) is 1.60. The van der Waals surface area contributed by atoms with Crippen LogP contribution in [0, 0.1) is 18.6 Å². The van der Waals surface area contributed by atoms with Crippen molar-refractivity contribution in [2.24, 2.45) is 0 Å². The van der Waals surface area contributed by atoms with Crippen LogP contribution < -0.4 is 5.73 Å². The van der Waals surface area contributed by atoms with Gasteiger partial charge in [0.05, 0.1) is 17.6 Å². The smallest absolute Gasteiger partial charge is 0.132 e. The number of hydrogen-bond donors (Lipinski definition) is 1. The molecule has 3 rings (SSSR count). The van der Waals surface area contributed by atoms with Crippen LogP contribution in [-0.4, -0.2) is 9.78 Å². The molecular formula is C16H13F2N3. The maximum absolute atomic E-state index is 13.9. The van der Waals surface area contributed by atoms with E-state index in [1.807, 2.05) is 31.2 Å². The van der Waals surface area contributed by atoms with Gasteiger partial charge >= 0.3 is 0 Å². The third-order valence-electron chi connectivity index (χ3n) is 3.29. The fourth-order valence-corrected chi connectivity index (χ4v) is 2.22. The van der Waals surface area contributed by atoms with Crippen LogP contribution in [-0.2, 0) is 0 Å². The molecule has 1 heterocycles. The van der Waals surface area contributed by atoms with E-state index in [0.29, 0.717) is 5.69 Å². The molecule has 2 aromatic carbocycles. The lowest BCUT2D eigenvalue weighted by atomic mass is 10.1. The number of hydrogen-bond acceptors (Lipinski definition) is 2. The lowest BCUT2D eigenvalue weighted by Gasteiger charge is -2.04. The first kappa shape index (κ1) is 13.3. The predicted octanol–water partition coefficient (Wildman–Crippen LogP) is 3.71. The second-order valence-corrected chi connectivity index (χ2v) is 4.79. The van der Waals surface area contributed by atoms with Gasteiger partial charge in [-0.05, 0) is 36.8 Å². The van der Waals surface area contributed by atoms with Gasteiger partial charge in [-0.1, -0.05) is 18.2 Å². The molecular weight excluding hydrogens is 272 g/mol. The Morgan fingerprint density at radius 2 is 1.86 bits per heavy atom. The van der Waals surface area contributed by atoms with Crippen LogP contribution in [0.4, 0.5) is 14.5 Å². The Labute approximate surface area is 120 Å². The minimum atomic E-state index is -0.557. The van der Waals surface area contributed by atoms with Crippen molar-refractivity contribution in [2.45, 2.75) is 6.92 Å². The van der Waals surface area contributed by atoms with Crippen LogP contribution >= 0.6 is 0 Å². The third kappa shape index (κ3) is 2.38. The SMILES string of the molecule is Cc1ccccc1-n1cc(N)c(-c2cc(F)ccc2F)n1. The van der Waals surface area contributed by atoms with Crippen molar-refractivity contribution in [2.75, 3.05) is 5.73 Å². The number of anilines is 1. The summed E-state index contributed by atoms with van der Waals surface area (Å²) < 4.78 is 28.7. The Kier molecular flexibility index (Phi) is 3.17. The number of nitrogens with two attached hydrogens (primary N) is 1. The highest BCUT2D eigenvalue weighted by Gasteiger charge is 2.15. The number of rotatable bonds is 2. The zero-order valence-corrected chi connectivity index (χ0v) is 11.3. The van der Waals surface area contributed by atoms with Crippen LogP contribution in [0.5, 0.6) is 0 Å². The molecule has 5 heteroatoms. The van der Waals surface area contributed by atoms with E-state index in [1.54, 1.807) is 10.9 Å². The second kappa shape index (κ2) is 5.01. The first-order chi connectivity index (χ1) is 10.1. The van der Waals surface area contributed by atoms with Crippen molar-refractivity contribution in [3.05, 3.63) is 65.9 Å². The highest BCUT2D eigenvalue weighted by Crippen LogP contribution is 2.28. The maximum Gasteiger partial charge on any atom is 0.132 e. The van der Waals surface area contributed by atoms with E-state index < -0.39 is 11.6 Å². The number of benzene rings is 2. The Morgan fingerprint density at radius 3 is 2.62 bits per heavy atom. The zero-order valence-electron chi connectivity index (χ0n) is 11.3. The molecule has 0 bridgehead atoms. The average molecular weight is 285 g/mol. The monoisotopic (exact) mass is 285 g/mol. The van der Waals surface area contributed by atoms with Gasteiger partial charge in [-0.3, -0.25) is 0 Å². The summed E-state index contributed by atoms with van der Waals surface area (Å²) in [5.74, 6) is -1.09. The molecule has 0 aliphatic heterocycles. The Hall–Kier alpha value is -2.69. The Balaban J connectivity index is 2.15. The standard InChI is InChI=1S/C16H13F2N3/c1-10-4-2-3-5-15(10)21-9-14(19)16(20-21)12-8-11(17)6-7-13(12)18/h2-9H,19H2,1H3. The van der Waals surface area contributed by atoms with Gasteiger partial charge in [0.2, 0.25) is 0 Å². The van der Waals surface area contributed by atoms with E-state index in [4.69, 9.17) is 5.73 Å². The van der Waals surface area contributed by atoms with Crippen molar-refractivity contribution in [1.82, 2.24) is 9.78 Å². The van der Waals surface area contributed by atoms with E-state index in [1.165, 1.54) is 0 Å². The van der Waals surface area contributed by atoms with Crippen molar-refractivity contribution in [3.8, 4) is 16.9 Å². The summed E-state index contributed by atoms with van der Waals surface area (Å²) in [6, 6.07) is 10.8. The summed E-state index contributed by atoms with van der Waals surface area (Å²) in [4.78, 5) is 0. The summed E-state index contributed by atoms with van der Waals surface area (Å²) >= 11 is 0. The molecule has 21 heavy (non-hydrogen) atoms. The molecule has 0 aliphatic carbocycles. The van der Waals surface area contributed by atoms with Crippen molar-refractivity contribution in [1.29, 1.82) is 0 Å². The largest absolute Gasteiger partial charge is 0.396 e. The molecule has 0 aliphatic rings. The molecule has 0 atom stereocenters. The summed E-state index contributed by atoms with van der Waals surface area (Å²) in [5, 5.41) is 4.30. The van der Waals surface area contributed by atoms with E-state index in [0.717, 1.165) is 29.4 Å². The van der Waals surface area contributed by atoms with Crippen molar-refractivity contribution >= 4 is 5.69 Å². The molecule has 106 valence electrons. The van der Waals surface area contributed by atoms with Gasteiger partial charge in [0, 0.05) is 5.56 Å². The molecule has 3 nitrogen and oxygen atoms in total. The van der Waals surface area contributed by atoms with Crippen LogP contribution in [0.25, 0.3) is 16.9 Å². The summed E-state index contributed by atoms with van der Waals surface area (Å²) in [6.45, 7) is 1.94. The number of para-hydroxylation sites is 1. The molecule has 0 spiro atoms. The number of nitrogen functional groups attached to an aromatic ring is 1. The molecule has 3 aromatic rings. The molecule has 0 amide bonds. The topological polar surface area (TPSA) is 43.8 Å². The summed E-state index contributed by atoms with van der Waals surface area (Å²) in [5.41, 5.74) is 8.33. The van der Waals surface area contributed by atoms with Crippen molar-refractivity contribution < 1.29 is 8.78 Å². The quantitative estimate of drug-likeness (QED) is 0.780. The van der Waals surface area contributed by atoms with E-state index in [-0.39, 0.29) is 11.3 Å².